The fourth-order valence-electron chi connectivity index (χ4n) is 1.56. The van der Waals surface area contributed by atoms with Crippen LogP contribution in [-0.2, 0) is 9.59 Å². The van der Waals surface area contributed by atoms with Crippen molar-refractivity contribution in [1.82, 2.24) is 0 Å². The summed E-state index contributed by atoms with van der Waals surface area (Å²) < 4.78 is 0. The summed E-state index contributed by atoms with van der Waals surface area (Å²) >= 11 is 0. The Morgan fingerprint density at radius 2 is 1.54 bits per heavy atom. The van der Waals surface area contributed by atoms with Gasteiger partial charge in [0.2, 0.25) is 0 Å². The number of ketones is 2. The highest BCUT2D eigenvalue weighted by Gasteiger charge is 2.27. The Hall–Kier alpha value is -1.44. The van der Waals surface area contributed by atoms with Gasteiger partial charge in [-0.05, 0) is 5.92 Å². The molecular weight excluding hydrogens is 164 g/mol. The van der Waals surface area contributed by atoms with E-state index in [1.54, 1.807) is 12.2 Å². The van der Waals surface area contributed by atoms with Crippen LogP contribution in [0.1, 0.15) is 13.3 Å². The molecule has 0 fully saturated rings. The third kappa shape index (κ3) is 1.28. The van der Waals surface area contributed by atoms with Gasteiger partial charge in [0.05, 0.1) is 6.42 Å². The molecule has 0 unspecified atom stereocenters. The molecule has 0 saturated heterocycles. The van der Waals surface area contributed by atoms with E-state index >= 15 is 0 Å². The standard InChI is InChI=1S/C11H10O2/c1-7-2-4-8-9(5-3-7)11(13)6-10(8)12/h2-5,7H,6H2,1H3. The first-order chi connectivity index (χ1) is 6.18. The SMILES string of the molecule is CC1C=CC2=C(C=C1)C(=O)CC2=O. The van der Waals surface area contributed by atoms with Crippen molar-refractivity contribution in [3.05, 3.63) is 35.5 Å². The molecule has 13 heavy (non-hydrogen) atoms. The highest BCUT2D eigenvalue weighted by molar-refractivity contribution is 6.24. The number of Topliss-reactive ketones (excluding diaryl/α,β-unsaturated/α-hetero) is 2. The van der Waals surface area contributed by atoms with Crippen LogP contribution < -0.4 is 0 Å². The van der Waals surface area contributed by atoms with Gasteiger partial charge in [-0.15, -0.1) is 0 Å². The number of carbonyl (C=O) groups is 2. The van der Waals surface area contributed by atoms with E-state index < -0.39 is 0 Å². The van der Waals surface area contributed by atoms with Gasteiger partial charge in [0.15, 0.2) is 11.6 Å². The molecule has 0 aromatic heterocycles. The van der Waals surface area contributed by atoms with Gasteiger partial charge in [-0.3, -0.25) is 9.59 Å². The maximum Gasteiger partial charge on any atom is 0.171 e. The molecule has 0 spiro atoms. The Kier molecular flexibility index (Phi) is 1.76. The second-order valence-corrected chi connectivity index (χ2v) is 3.43. The Balaban J connectivity index is 2.50. The number of rotatable bonds is 0. The van der Waals surface area contributed by atoms with E-state index in [2.05, 4.69) is 0 Å². The number of hydrogen-bond acceptors (Lipinski definition) is 2. The van der Waals surface area contributed by atoms with Crippen LogP contribution in [-0.4, -0.2) is 11.6 Å². The van der Waals surface area contributed by atoms with E-state index in [4.69, 9.17) is 0 Å². The molecule has 2 rings (SSSR count). The lowest BCUT2D eigenvalue weighted by molar-refractivity contribution is -0.120. The maximum absolute atomic E-state index is 11.3. The van der Waals surface area contributed by atoms with Gasteiger partial charge in [-0.2, -0.15) is 0 Å². The molecule has 2 aliphatic carbocycles. The smallest absolute Gasteiger partial charge is 0.171 e. The minimum atomic E-state index is -0.0463. The first-order valence-electron chi connectivity index (χ1n) is 4.35. The molecule has 2 heteroatoms. The summed E-state index contributed by atoms with van der Waals surface area (Å²) in [6.45, 7) is 2.02. The third-order valence-electron chi connectivity index (χ3n) is 2.35. The average molecular weight is 174 g/mol. The van der Waals surface area contributed by atoms with Crippen LogP contribution in [0, 0.1) is 5.92 Å². The van der Waals surface area contributed by atoms with Gasteiger partial charge in [0.1, 0.15) is 0 Å². The first kappa shape index (κ1) is 8.17. The molecule has 0 N–H and O–H groups in total. The van der Waals surface area contributed by atoms with Gasteiger partial charge in [-0.1, -0.05) is 31.2 Å². The van der Waals surface area contributed by atoms with Crippen molar-refractivity contribution in [3.63, 3.8) is 0 Å². The molecular formula is C11H10O2. The molecule has 66 valence electrons. The van der Waals surface area contributed by atoms with Crippen molar-refractivity contribution >= 4 is 11.6 Å². The van der Waals surface area contributed by atoms with Crippen LogP contribution in [0.25, 0.3) is 0 Å². The largest absolute Gasteiger partial charge is 0.294 e. The Labute approximate surface area is 76.6 Å². The quantitative estimate of drug-likeness (QED) is 0.522. The first-order valence-corrected chi connectivity index (χ1v) is 4.35. The highest BCUT2D eigenvalue weighted by Crippen LogP contribution is 2.25. The maximum atomic E-state index is 11.3. The normalized spacial score (nSPS) is 22.5. The van der Waals surface area contributed by atoms with Crippen LogP contribution in [0.2, 0.25) is 0 Å². The van der Waals surface area contributed by atoms with Crippen LogP contribution in [0.3, 0.4) is 0 Å². The molecule has 0 aromatic rings. The van der Waals surface area contributed by atoms with Crippen LogP contribution >= 0.6 is 0 Å². The molecule has 0 aromatic carbocycles. The van der Waals surface area contributed by atoms with Gasteiger partial charge in [-0.25, -0.2) is 0 Å². The summed E-state index contributed by atoms with van der Waals surface area (Å²) in [7, 11) is 0. The van der Waals surface area contributed by atoms with Crippen molar-refractivity contribution < 1.29 is 9.59 Å². The number of carbonyl (C=O) groups excluding carboxylic acids is 2. The predicted molar refractivity (Wildman–Crippen MR) is 49.1 cm³/mol. The van der Waals surface area contributed by atoms with Crippen molar-refractivity contribution in [3.8, 4) is 0 Å². The second kappa shape index (κ2) is 2.80. The second-order valence-electron chi connectivity index (χ2n) is 3.43. The fourth-order valence-corrected chi connectivity index (χ4v) is 1.56. The fraction of sp³-hybridized carbons (Fsp3) is 0.273. The summed E-state index contributed by atoms with van der Waals surface area (Å²) in [4.78, 5) is 22.6. The minimum absolute atomic E-state index is 0.0463. The number of hydrogen-bond donors (Lipinski definition) is 0. The van der Waals surface area contributed by atoms with E-state index in [0.29, 0.717) is 17.1 Å². The monoisotopic (exact) mass is 174 g/mol. The lowest BCUT2D eigenvalue weighted by Gasteiger charge is -1.93. The van der Waals surface area contributed by atoms with E-state index in [-0.39, 0.29) is 18.0 Å². The molecule has 0 amide bonds. The van der Waals surface area contributed by atoms with Crippen LogP contribution in [0.15, 0.2) is 35.5 Å². The zero-order chi connectivity index (χ0) is 9.42. The van der Waals surface area contributed by atoms with Crippen molar-refractivity contribution in [2.75, 3.05) is 0 Å². The van der Waals surface area contributed by atoms with Crippen molar-refractivity contribution in [2.24, 2.45) is 5.92 Å². The van der Waals surface area contributed by atoms with Gasteiger partial charge < -0.3 is 0 Å². The summed E-state index contributed by atoms with van der Waals surface area (Å²) in [6.07, 6.45) is 7.47. The summed E-state index contributed by atoms with van der Waals surface area (Å²) in [5.41, 5.74) is 1.18. The minimum Gasteiger partial charge on any atom is -0.294 e. The van der Waals surface area contributed by atoms with E-state index in [0.717, 1.165) is 0 Å². The zero-order valence-corrected chi connectivity index (χ0v) is 7.41. The lowest BCUT2D eigenvalue weighted by Crippen LogP contribution is -1.97. The van der Waals surface area contributed by atoms with Crippen LogP contribution in [0.5, 0.6) is 0 Å². The topological polar surface area (TPSA) is 34.1 Å². The Morgan fingerprint density at radius 1 is 1.08 bits per heavy atom. The molecule has 0 radical (unpaired) electrons. The van der Waals surface area contributed by atoms with E-state index in [9.17, 15) is 9.59 Å². The Bertz CT molecular complexity index is 336. The van der Waals surface area contributed by atoms with Crippen LogP contribution in [0.4, 0.5) is 0 Å². The Morgan fingerprint density at radius 3 is 2.00 bits per heavy atom. The lowest BCUT2D eigenvalue weighted by atomic mass is 10.1. The average Bonchev–Trinajstić information content (AvgIpc) is 2.27. The van der Waals surface area contributed by atoms with Crippen molar-refractivity contribution in [2.45, 2.75) is 13.3 Å². The summed E-state index contributed by atoms with van der Waals surface area (Å²) in [5.74, 6) is 0.205. The molecule has 0 bridgehead atoms. The molecule has 2 nitrogen and oxygen atoms in total. The third-order valence-corrected chi connectivity index (χ3v) is 2.35. The molecule has 0 aliphatic heterocycles. The summed E-state index contributed by atoms with van der Waals surface area (Å²) in [5, 5.41) is 0. The number of allylic oxidation sites excluding steroid dienone is 6. The van der Waals surface area contributed by atoms with Gasteiger partial charge in [0.25, 0.3) is 0 Å². The van der Waals surface area contributed by atoms with Gasteiger partial charge >= 0.3 is 0 Å². The zero-order valence-electron chi connectivity index (χ0n) is 7.41. The molecule has 0 saturated carbocycles. The molecule has 0 atom stereocenters. The molecule has 2 aliphatic rings. The highest BCUT2D eigenvalue weighted by atomic mass is 16.2. The van der Waals surface area contributed by atoms with Crippen molar-refractivity contribution in [1.29, 1.82) is 0 Å². The van der Waals surface area contributed by atoms with E-state index in [1.807, 2.05) is 19.1 Å². The predicted octanol–water partition coefficient (Wildman–Crippen LogP) is 1.59. The van der Waals surface area contributed by atoms with E-state index in [1.165, 1.54) is 0 Å². The molecule has 0 heterocycles. The summed E-state index contributed by atoms with van der Waals surface area (Å²) in [6, 6.07) is 0. The van der Waals surface area contributed by atoms with Gasteiger partial charge in [0, 0.05) is 11.1 Å².